The summed E-state index contributed by atoms with van der Waals surface area (Å²) in [7, 11) is 1.89. The fraction of sp³-hybridized carbons (Fsp3) is 0.917. The lowest BCUT2D eigenvalue weighted by atomic mass is 10.2. The van der Waals surface area contributed by atoms with Crippen LogP contribution < -0.4 is 0 Å². The average molecular weight is 226 g/mol. The number of hydrogen-bond acceptors (Lipinski definition) is 3. The Bertz CT molecular complexity index is 233. The van der Waals surface area contributed by atoms with Crippen molar-refractivity contribution >= 4 is 5.91 Å². The molecule has 2 heterocycles. The first kappa shape index (κ1) is 11.9. The number of rotatable bonds is 4. The third-order valence-electron chi connectivity index (χ3n) is 3.53. The van der Waals surface area contributed by atoms with E-state index in [4.69, 9.17) is 4.74 Å². The molecule has 2 aliphatic rings. The summed E-state index contributed by atoms with van der Waals surface area (Å²) in [6.45, 7) is 4.98. The van der Waals surface area contributed by atoms with Gasteiger partial charge in [0.2, 0.25) is 0 Å². The number of carbonyl (C=O) groups excluding carboxylic acids is 1. The number of likely N-dealkylation sites (N-methyl/N-ethyl adjacent to an activating group) is 1. The number of carbonyl (C=O) groups is 1. The van der Waals surface area contributed by atoms with Gasteiger partial charge in [-0.25, -0.2) is 0 Å². The Morgan fingerprint density at radius 2 is 2.12 bits per heavy atom. The lowest BCUT2D eigenvalue weighted by Gasteiger charge is -2.23. The molecule has 0 spiro atoms. The minimum atomic E-state index is -0.163. The fourth-order valence-electron chi connectivity index (χ4n) is 2.43. The highest BCUT2D eigenvalue weighted by Gasteiger charge is 2.26. The summed E-state index contributed by atoms with van der Waals surface area (Å²) in [5.41, 5.74) is 0. The highest BCUT2D eigenvalue weighted by molar-refractivity contribution is 5.80. The molecule has 0 bridgehead atoms. The highest BCUT2D eigenvalue weighted by atomic mass is 16.5. The van der Waals surface area contributed by atoms with E-state index in [1.807, 2.05) is 11.9 Å². The third-order valence-corrected chi connectivity index (χ3v) is 3.53. The molecule has 0 saturated carbocycles. The van der Waals surface area contributed by atoms with E-state index in [2.05, 4.69) is 4.90 Å². The van der Waals surface area contributed by atoms with E-state index in [9.17, 15) is 4.79 Å². The van der Waals surface area contributed by atoms with Gasteiger partial charge in [-0.2, -0.15) is 0 Å². The molecule has 0 aromatic carbocycles. The smallest absolute Gasteiger partial charge is 0.251 e. The second kappa shape index (κ2) is 5.64. The van der Waals surface area contributed by atoms with Crippen LogP contribution in [0.5, 0.6) is 0 Å². The van der Waals surface area contributed by atoms with Crippen molar-refractivity contribution in [1.29, 1.82) is 0 Å². The van der Waals surface area contributed by atoms with Crippen LogP contribution in [0.15, 0.2) is 0 Å². The first-order valence-electron chi connectivity index (χ1n) is 6.36. The lowest BCUT2D eigenvalue weighted by Crippen LogP contribution is -2.40. The summed E-state index contributed by atoms with van der Waals surface area (Å²) >= 11 is 0. The molecule has 1 unspecified atom stereocenters. The number of nitrogens with zero attached hydrogens (tertiary/aromatic N) is 2. The van der Waals surface area contributed by atoms with Crippen molar-refractivity contribution in [2.24, 2.45) is 0 Å². The molecular formula is C12H22N2O2. The summed E-state index contributed by atoms with van der Waals surface area (Å²) in [6, 6.07) is 0. The Morgan fingerprint density at radius 1 is 1.38 bits per heavy atom. The number of ether oxygens (including phenoxy) is 1. The van der Waals surface area contributed by atoms with Gasteiger partial charge in [0.15, 0.2) is 0 Å². The van der Waals surface area contributed by atoms with Crippen LogP contribution in [0.3, 0.4) is 0 Å². The second-order valence-corrected chi connectivity index (χ2v) is 4.81. The summed E-state index contributed by atoms with van der Waals surface area (Å²) in [4.78, 5) is 16.2. The van der Waals surface area contributed by atoms with Gasteiger partial charge in [0.25, 0.3) is 5.91 Å². The van der Waals surface area contributed by atoms with Gasteiger partial charge >= 0.3 is 0 Å². The first-order valence-corrected chi connectivity index (χ1v) is 6.36. The van der Waals surface area contributed by atoms with E-state index >= 15 is 0 Å². The molecule has 0 aliphatic carbocycles. The molecule has 4 heteroatoms. The molecule has 0 aromatic rings. The van der Waals surface area contributed by atoms with Gasteiger partial charge in [0.05, 0.1) is 0 Å². The molecule has 0 radical (unpaired) electrons. The Hall–Kier alpha value is -0.610. The Morgan fingerprint density at radius 3 is 2.75 bits per heavy atom. The van der Waals surface area contributed by atoms with Crippen molar-refractivity contribution in [3.8, 4) is 0 Å². The van der Waals surface area contributed by atoms with E-state index in [1.54, 1.807) is 0 Å². The lowest BCUT2D eigenvalue weighted by molar-refractivity contribution is -0.139. The molecule has 1 amide bonds. The fourth-order valence-corrected chi connectivity index (χ4v) is 2.43. The Balaban J connectivity index is 1.69. The van der Waals surface area contributed by atoms with Crippen molar-refractivity contribution < 1.29 is 9.53 Å². The minimum absolute atomic E-state index is 0.163. The van der Waals surface area contributed by atoms with Gasteiger partial charge in [-0.3, -0.25) is 4.79 Å². The third kappa shape index (κ3) is 2.95. The normalized spacial score (nSPS) is 26.2. The second-order valence-electron chi connectivity index (χ2n) is 4.81. The molecule has 16 heavy (non-hydrogen) atoms. The topological polar surface area (TPSA) is 32.8 Å². The average Bonchev–Trinajstić information content (AvgIpc) is 2.96. The van der Waals surface area contributed by atoms with E-state index in [-0.39, 0.29) is 12.0 Å². The van der Waals surface area contributed by atoms with Crippen molar-refractivity contribution in [2.75, 3.05) is 39.8 Å². The summed E-state index contributed by atoms with van der Waals surface area (Å²) in [5, 5.41) is 0. The van der Waals surface area contributed by atoms with Crippen molar-refractivity contribution in [3.63, 3.8) is 0 Å². The van der Waals surface area contributed by atoms with Crippen LogP contribution in [0.4, 0.5) is 0 Å². The maximum absolute atomic E-state index is 11.9. The molecule has 2 aliphatic heterocycles. The first-order chi connectivity index (χ1) is 7.77. The zero-order valence-electron chi connectivity index (χ0n) is 10.2. The predicted molar refractivity (Wildman–Crippen MR) is 62.3 cm³/mol. The van der Waals surface area contributed by atoms with Crippen molar-refractivity contribution in [2.45, 2.75) is 31.8 Å². The van der Waals surface area contributed by atoms with Crippen LogP contribution in [-0.2, 0) is 9.53 Å². The molecule has 92 valence electrons. The SMILES string of the molecule is CN(CCN1CCCC1)C(=O)C1CCCO1. The van der Waals surface area contributed by atoms with Crippen LogP contribution in [0.2, 0.25) is 0 Å². The molecule has 2 fully saturated rings. The Kier molecular flexibility index (Phi) is 4.18. The molecular weight excluding hydrogens is 204 g/mol. The molecule has 4 nitrogen and oxygen atoms in total. The predicted octanol–water partition coefficient (Wildman–Crippen LogP) is 0.720. The largest absolute Gasteiger partial charge is 0.368 e. The van der Waals surface area contributed by atoms with Crippen LogP contribution in [0.25, 0.3) is 0 Å². The van der Waals surface area contributed by atoms with E-state index in [0.717, 1.165) is 32.5 Å². The van der Waals surface area contributed by atoms with Gasteiger partial charge in [-0.15, -0.1) is 0 Å². The van der Waals surface area contributed by atoms with E-state index in [1.165, 1.54) is 25.9 Å². The maximum atomic E-state index is 11.9. The molecule has 2 saturated heterocycles. The van der Waals surface area contributed by atoms with E-state index < -0.39 is 0 Å². The van der Waals surface area contributed by atoms with Crippen molar-refractivity contribution in [3.05, 3.63) is 0 Å². The zero-order chi connectivity index (χ0) is 11.4. The van der Waals surface area contributed by atoms with Crippen LogP contribution in [0, 0.1) is 0 Å². The monoisotopic (exact) mass is 226 g/mol. The summed E-state index contributed by atoms with van der Waals surface area (Å²) in [6.07, 6.45) is 4.37. The molecule has 0 N–H and O–H groups in total. The van der Waals surface area contributed by atoms with Gasteiger partial charge in [0, 0.05) is 26.7 Å². The zero-order valence-corrected chi connectivity index (χ0v) is 10.2. The van der Waals surface area contributed by atoms with Gasteiger partial charge in [-0.1, -0.05) is 0 Å². The van der Waals surface area contributed by atoms with Gasteiger partial charge in [-0.05, 0) is 38.8 Å². The highest BCUT2D eigenvalue weighted by Crippen LogP contribution is 2.14. The van der Waals surface area contributed by atoms with Gasteiger partial charge < -0.3 is 14.5 Å². The van der Waals surface area contributed by atoms with E-state index in [0.29, 0.717) is 0 Å². The van der Waals surface area contributed by atoms with Crippen LogP contribution in [-0.4, -0.2) is 61.6 Å². The maximum Gasteiger partial charge on any atom is 0.251 e. The quantitative estimate of drug-likeness (QED) is 0.708. The standard InChI is InChI=1S/C12H22N2O2/c1-13(8-9-14-6-2-3-7-14)12(15)11-5-4-10-16-11/h11H,2-10H2,1H3. The van der Waals surface area contributed by atoms with Crippen molar-refractivity contribution in [1.82, 2.24) is 9.80 Å². The molecule has 0 aromatic heterocycles. The van der Waals surface area contributed by atoms with Crippen LogP contribution in [0.1, 0.15) is 25.7 Å². The van der Waals surface area contributed by atoms with Gasteiger partial charge in [0.1, 0.15) is 6.10 Å². The number of amides is 1. The Labute approximate surface area is 97.5 Å². The molecule has 2 rings (SSSR count). The summed E-state index contributed by atoms with van der Waals surface area (Å²) in [5.74, 6) is 0.164. The number of hydrogen-bond donors (Lipinski definition) is 0. The number of likely N-dealkylation sites (tertiary alicyclic amines) is 1. The summed E-state index contributed by atoms with van der Waals surface area (Å²) < 4.78 is 5.40. The van der Waals surface area contributed by atoms with Crippen LogP contribution >= 0.6 is 0 Å². The molecule has 1 atom stereocenters. The minimum Gasteiger partial charge on any atom is -0.368 e.